The van der Waals surface area contributed by atoms with E-state index in [1.165, 1.54) is 21.6 Å². The van der Waals surface area contributed by atoms with Gasteiger partial charge >= 0.3 is 6.09 Å². The van der Waals surface area contributed by atoms with Gasteiger partial charge in [0.2, 0.25) is 0 Å². The van der Waals surface area contributed by atoms with E-state index in [1.807, 2.05) is 27.7 Å². The van der Waals surface area contributed by atoms with Crippen LogP contribution in [0.3, 0.4) is 0 Å². The van der Waals surface area contributed by atoms with Gasteiger partial charge in [0.05, 0.1) is 0 Å². The van der Waals surface area contributed by atoms with E-state index in [2.05, 4.69) is 25.1 Å². The summed E-state index contributed by atoms with van der Waals surface area (Å²) < 4.78 is 0. The lowest BCUT2D eigenvalue weighted by molar-refractivity contribution is 0.147. The van der Waals surface area contributed by atoms with E-state index < -0.39 is 6.09 Å². The molecule has 108 valence electrons. The Morgan fingerprint density at radius 2 is 1.58 bits per heavy atom. The first-order chi connectivity index (χ1) is 9.16. The van der Waals surface area contributed by atoms with Crippen LogP contribution in [0.25, 0.3) is 0 Å². The summed E-state index contributed by atoms with van der Waals surface area (Å²) in [6.45, 7) is 11.3. The molecule has 3 heteroatoms. The van der Waals surface area contributed by atoms with Crippen molar-refractivity contribution in [3.63, 3.8) is 0 Å². The monoisotopic (exact) mass is 265 g/mol. The molecule has 0 saturated heterocycles. The van der Waals surface area contributed by atoms with Crippen LogP contribution in [0.2, 0.25) is 0 Å². The van der Waals surface area contributed by atoms with Crippen molar-refractivity contribution in [3.8, 4) is 0 Å². The maximum absolute atomic E-state index is 10.9. The summed E-state index contributed by atoms with van der Waals surface area (Å²) in [6, 6.07) is 6.38. The number of aryl methyl sites for hydroxylation is 1. The lowest BCUT2D eigenvalue weighted by Crippen LogP contribution is -2.31. The van der Waals surface area contributed by atoms with Crippen LogP contribution < -0.4 is 0 Å². The summed E-state index contributed by atoms with van der Waals surface area (Å²) in [6.07, 6.45) is 0.866. The summed E-state index contributed by atoms with van der Waals surface area (Å²) >= 11 is 0. The molecule has 0 bridgehead atoms. The van der Waals surface area contributed by atoms with Crippen LogP contribution in [0, 0.1) is 6.92 Å². The molecule has 0 fully saturated rings. The second-order valence-electron chi connectivity index (χ2n) is 4.04. The lowest BCUT2D eigenvalue weighted by Gasteiger charge is -2.14. The quantitative estimate of drug-likeness (QED) is 0.766. The summed E-state index contributed by atoms with van der Waals surface area (Å²) in [4.78, 5) is 12.3. The smallest absolute Gasteiger partial charge is 0.407 e. The van der Waals surface area contributed by atoms with Gasteiger partial charge in [-0.2, -0.15) is 0 Å². The van der Waals surface area contributed by atoms with E-state index in [4.69, 9.17) is 5.11 Å². The first-order valence-electron chi connectivity index (χ1n) is 7.23. The van der Waals surface area contributed by atoms with E-state index in [1.54, 1.807) is 0 Å². The van der Waals surface area contributed by atoms with Crippen LogP contribution in [-0.2, 0) is 12.8 Å². The van der Waals surface area contributed by atoms with Gasteiger partial charge in [-0.1, -0.05) is 51.5 Å². The number of hydrogen-bond acceptors (Lipinski definition) is 1. The van der Waals surface area contributed by atoms with Gasteiger partial charge in [-0.05, 0) is 30.9 Å². The van der Waals surface area contributed by atoms with E-state index in [0.29, 0.717) is 13.1 Å². The normalized spacial score (nSPS) is 13.0. The Balaban J connectivity index is 0.000000741. The zero-order valence-electron chi connectivity index (χ0n) is 12.9. The van der Waals surface area contributed by atoms with Gasteiger partial charge in [-0.3, -0.25) is 0 Å². The molecular weight excluding hydrogens is 238 g/mol. The number of amides is 1. The second kappa shape index (κ2) is 9.42. The van der Waals surface area contributed by atoms with Crippen LogP contribution in [0.15, 0.2) is 18.2 Å². The number of benzene rings is 1. The Bertz CT molecular complexity index is 388. The molecule has 1 aliphatic rings. The Hall–Kier alpha value is -1.51. The summed E-state index contributed by atoms with van der Waals surface area (Å²) in [5, 5.41) is 8.92. The number of carboxylic acid groups (broad SMARTS) is 1. The van der Waals surface area contributed by atoms with Crippen LogP contribution in [0.1, 0.15) is 44.4 Å². The van der Waals surface area contributed by atoms with E-state index >= 15 is 0 Å². The van der Waals surface area contributed by atoms with Crippen molar-refractivity contribution in [1.82, 2.24) is 4.90 Å². The molecule has 0 aliphatic carbocycles. The first kappa shape index (κ1) is 17.5. The highest BCUT2D eigenvalue weighted by atomic mass is 16.4. The predicted octanol–water partition coefficient (Wildman–Crippen LogP) is 4.13. The molecule has 1 N–H and O–H groups in total. The summed E-state index contributed by atoms with van der Waals surface area (Å²) in [5.74, 6) is 0. The van der Waals surface area contributed by atoms with E-state index in [0.717, 1.165) is 12.8 Å². The number of carbonyl (C=O) groups is 1. The topological polar surface area (TPSA) is 40.5 Å². The van der Waals surface area contributed by atoms with Crippen molar-refractivity contribution >= 4 is 6.09 Å². The van der Waals surface area contributed by atoms with Crippen molar-refractivity contribution in [2.45, 2.75) is 47.5 Å². The number of hydrogen-bond donors (Lipinski definition) is 1. The van der Waals surface area contributed by atoms with Crippen molar-refractivity contribution in [1.29, 1.82) is 0 Å². The van der Waals surface area contributed by atoms with Gasteiger partial charge in [0.15, 0.2) is 0 Å². The Morgan fingerprint density at radius 3 is 2.11 bits per heavy atom. The van der Waals surface area contributed by atoms with E-state index in [-0.39, 0.29) is 0 Å². The third-order valence-electron chi connectivity index (χ3n) is 2.93. The zero-order valence-corrected chi connectivity index (χ0v) is 12.9. The third-order valence-corrected chi connectivity index (χ3v) is 2.93. The summed E-state index contributed by atoms with van der Waals surface area (Å²) in [7, 11) is 0. The van der Waals surface area contributed by atoms with Crippen LogP contribution in [-0.4, -0.2) is 29.2 Å². The molecule has 19 heavy (non-hydrogen) atoms. The van der Waals surface area contributed by atoms with Gasteiger partial charge in [0, 0.05) is 13.1 Å². The number of fused-ring (bicyclic) bond motifs is 1. The Labute approximate surface area is 117 Å². The van der Waals surface area contributed by atoms with E-state index in [9.17, 15) is 4.79 Å². The average Bonchev–Trinajstić information content (AvgIpc) is 2.65. The maximum atomic E-state index is 10.9. The zero-order chi connectivity index (χ0) is 14.8. The number of nitrogens with zero attached hydrogens (tertiary/aromatic N) is 1. The van der Waals surface area contributed by atoms with Crippen molar-refractivity contribution in [3.05, 3.63) is 34.9 Å². The highest BCUT2D eigenvalue weighted by molar-refractivity contribution is 5.65. The lowest BCUT2D eigenvalue weighted by atomic mass is 10.0. The molecule has 0 atom stereocenters. The SMILES string of the molecule is CC.CC.Cc1ccc2c(c1)CCN(C(=O)O)CC2. The molecular formula is C16H27NO2. The summed E-state index contributed by atoms with van der Waals surface area (Å²) in [5.41, 5.74) is 3.85. The largest absolute Gasteiger partial charge is 0.465 e. The number of rotatable bonds is 0. The molecule has 0 spiro atoms. The van der Waals surface area contributed by atoms with Gasteiger partial charge < -0.3 is 10.0 Å². The fourth-order valence-electron chi connectivity index (χ4n) is 2.05. The van der Waals surface area contributed by atoms with Crippen molar-refractivity contribution in [2.75, 3.05) is 13.1 Å². The van der Waals surface area contributed by atoms with Crippen LogP contribution >= 0.6 is 0 Å². The minimum atomic E-state index is -0.806. The molecule has 1 aromatic carbocycles. The third kappa shape index (κ3) is 5.33. The van der Waals surface area contributed by atoms with Crippen LogP contribution in [0.4, 0.5) is 4.79 Å². The highest BCUT2D eigenvalue weighted by Gasteiger charge is 2.16. The van der Waals surface area contributed by atoms with Gasteiger partial charge in [-0.25, -0.2) is 4.79 Å². The molecule has 0 radical (unpaired) electrons. The molecule has 0 unspecified atom stereocenters. The molecule has 3 nitrogen and oxygen atoms in total. The van der Waals surface area contributed by atoms with Crippen molar-refractivity contribution < 1.29 is 9.90 Å². The minimum Gasteiger partial charge on any atom is -0.465 e. The fourth-order valence-corrected chi connectivity index (χ4v) is 2.05. The van der Waals surface area contributed by atoms with Crippen molar-refractivity contribution in [2.24, 2.45) is 0 Å². The fraction of sp³-hybridized carbons (Fsp3) is 0.562. The molecule has 2 rings (SSSR count). The molecule has 1 aromatic rings. The maximum Gasteiger partial charge on any atom is 0.407 e. The molecule has 1 aliphatic heterocycles. The Kier molecular flexibility index (Phi) is 8.68. The van der Waals surface area contributed by atoms with Crippen LogP contribution in [0.5, 0.6) is 0 Å². The molecule has 1 amide bonds. The predicted molar refractivity (Wildman–Crippen MR) is 80.9 cm³/mol. The van der Waals surface area contributed by atoms with Gasteiger partial charge in [-0.15, -0.1) is 0 Å². The Morgan fingerprint density at radius 1 is 1.05 bits per heavy atom. The molecule has 0 saturated carbocycles. The molecule has 1 heterocycles. The molecule has 0 aromatic heterocycles. The average molecular weight is 265 g/mol. The standard InChI is InChI=1S/C12H15NO2.2C2H6/c1-9-2-3-10-4-6-13(12(14)15)7-5-11(10)8-9;2*1-2/h2-3,8H,4-7H2,1H3,(H,14,15);2*1-2H3. The minimum absolute atomic E-state index is 0.616. The van der Waals surface area contributed by atoms with Gasteiger partial charge in [0.25, 0.3) is 0 Å². The highest BCUT2D eigenvalue weighted by Crippen LogP contribution is 2.17. The first-order valence-corrected chi connectivity index (χ1v) is 7.23. The second-order valence-corrected chi connectivity index (χ2v) is 4.04. The van der Waals surface area contributed by atoms with Gasteiger partial charge in [0.1, 0.15) is 0 Å².